The van der Waals surface area contributed by atoms with E-state index in [0.29, 0.717) is 6.54 Å². The number of alkyl halides is 1. The van der Waals surface area contributed by atoms with Crippen molar-refractivity contribution >= 4 is 5.91 Å². The molecule has 0 saturated carbocycles. The summed E-state index contributed by atoms with van der Waals surface area (Å²) in [6.07, 6.45) is 0. The molecule has 0 aliphatic rings. The van der Waals surface area contributed by atoms with Crippen molar-refractivity contribution in [2.45, 2.75) is 0 Å². The van der Waals surface area contributed by atoms with Gasteiger partial charge in [0.15, 0.2) is 0 Å². The van der Waals surface area contributed by atoms with Gasteiger partial charge in [-0.25, -0.2) is 0 Å². The van der Waals surface area contributed by atoms with Crippen LogP contribution in [0.15, 0.2) is 0 Å². The second kappa shape index (κ2) is 4.99. The van der Waals surface area contributed by atoms with Gasteiger partial charge in [0.2, 0.25) is 0 Å². The van der Waals surface area contributed by atoms with E-state index >= 15 is 0 Å². The van der Waals surface area contributed by atoms with Crippen molar-refractivity contribution in [2.24, 2.45) is 0 Å². The van der Waals surface area contributed by atoms with Crippen molar-refractivity contribution in [1.29, 1.82) is 0 Å². The molecule has 0 unspecified atom stereocenters. The zero-order valence-corrected chi connectivity index (χ0v) is 8.10. The molecule has 9 heavy (non-hydrogen) atoms. The van der Waals surface area contributed by atoms with Gasteiger partial charge >= 0.3 is 66.2 Å². The summed E-state index contributed by atoms with van der Waals surface area (Å²) in [5, 5.41) is 0. The minimum atomic E-state index is -0.0910. The van der Waals surface area contributed by atoms with E-state index in [2.05, 4.69) is 3.53 Å². The van der Waals surface area contributed by atoms with Gasteiger partial charge in [0.25, 0.3) is 0 Å². The van der Waals surface area contributed by atoms with Gasteiger partial charge in [-0.15, -0.1) is 0 Å². The normalized spacial score (nSPS) is 10.2. The number of nitrogens with one attached hydrogen (secondary N) is 1. The van der Waals surface area contributed by atoms with Gasteiger partial charge in [-0.05, 0) is 0 Å². The van der Waals surface area contributed by atoms with Crippen molar-refractivity contribution in [3.05, 3.63) is 0 Å². The van der Waals surface area contributed by atoms with Crippen LogP contribution in [-0.4, -0.2) is 36.4 Å². The fourth-order valence-corrected chi connectivity index (χ4v) is 1.19. The predicted octanol–water partition coefficient (Wildman–Crippen LogP) is -3.70. The molecule has 0 aromatic carbocycles. The number of amides is 1. The van der Waals surface area contributed by atoms with Gasteiger partial charge in [-0.3, -0.25) is 0 Å². The van der Waals surface area contributed by atoms with E-state index in [1.54, 1.807) is 0 Å². The predicted molar refractivity (Wildman–Crippen MR) is 32.6 cm³/mol. The quantitative estimate of drug-likeness (QED) is 0.314. The first-order valence-electron chi connectivity index (χ1n) is 2.59. The molecule has 56 valence electrons. The Bertz CT molecular complexity index is 95.0. The number of carbonyl (C=O) groups excluding carboxylic acids is 1. The number of likely N-dealkylation sites (N-methyl/N-ethyl adjacent to an activating group) is 1. The number of halogens is 1. The van der Waals surface area contributed by atoms with Gasteiger partial charge in [-0.2, -0.15) is 0 Å². The van der Waals surface area contributed by atoms with Gasteiger partial charge in [-0.1, -0.05) is 0 Å². The molecule has 0 radical (unpaired) electrons. The van der Waals surface area contributed by atoms with Crippen LogP contribution in [0.5, 0.6) is 0 Å². The van der Waals surface area contributed by atoms with Crippen molar-refractivity contribution in [1.82, 2.24) is 8.43 Å². The second-order valence-electron chi connectivity index (χ2n) is 1.94. The maximum absolute atomic E-state index is 10.7. The molecule has 0 bridgehead atoms. The van der Waals surface area contributed by atoms with Crippen LogP contribution in [-0.2, 0) is 4.79 Å². The zero-order valence-electron chi connectivity index (χ0n) is 5.94. The molecule has 0 heterocycles. The number of nitrogens with zero attached hydrogens (tertiary/aromatic N) is 1. The molecule has 0 aromatic heterocycles. The Kier molecular flexibility index (Phi) is 5.07. The van der Waals surface area contributed by atoms with E-state index in [9.17, 15) is 4.79 Å². The van der Waals surface area contributed by atoms with Crippen molar-refractivity contribution in [3.63, 3.8) is 0 Å². The van der Waals surface area contributed by atoms with Crippen LogP contribution in [0.3, 0.4) is 0 Å². The van der Waals surface area contributed by atoms with Crippen LogP contribution in [0.25, 0.3) is 0 Å². The monoisotopic (exact) mass is 243 g/mol. The van der Waals surface area contributed by atoms with Gasteiger partial charge < -0.3 is 0 Å². The van der Waals surface area contributed by atoms with Gasteiger partial charge in [0, 0.05) is 0 Å². The topological polar surface area (TPSA) is 32.3 Å². The number of carbonyl (C=O) groups is 1. The molecule has 0 spiro atoms. The summed E-state index contributed by atoms with van der Waals surface area (Å²) in [6.45, 7) is 0.507. The van der Waals surface area contributed by atoms with Crippen molar-refractivity contribution in [2.75, 3.05) is 25.6 Å². The standard InChI is InChI=1S/C5H12IN2O/c1-6-7-5(9)4-8(2)3/h4H2,1-3H3,(H,7,9)/q-1. The molecule has 0 saturated heterocycles. The summed E-state index contributed by atoms with van der Waals surface area (Å²) < 4.78 is 2.81. The van der Waals surface area contributed by atoms with Crippen LogP contribution in [0.4, 0.5) is 0 Å². The summed E-state index contributed by atoms with van der Waals surface area (Å²) in [7, 11) is 3.76. The Hall–Kier alpha value is 0.160. The summed E-state index contributed by atoms with van der Waals surface area (Å²) in [5.41, 5.74) is 0. The summed E-state index contributed by atoms with van der Waals surface area (Å²) in [4.78, 5) is 14.6. The molecule has 4 heteroatoms. The zero-order chi connectivity index (χ0) is 7.28. The minimum absolute atomic E-state index is 0.0910. The third-order valence-corrected chi connectivity index (χ3v) is 1.80. The number of rotatable bonds is 3. The second-order valence-corrected chi connectivity index (χ2v) is 3.56. The molecule has 0 aromatic rings. The summed E-state index contributed by atoms with van der Waals surface area (Å²) >= 11 is -0.0910. The van der Waals surface area contributed by atoms with E-state index < -0.39 is 0 Å². The SMILES string of the molecule is C[I-]NC(=O)CN(C)C. The molecule has 0 atom stereocenters. The van der Waals surface area contributed by atoms with E-state index in [-0.39, 0.29) is 27.4 Å². The molecule has 0 aliphatic heterocycles. The third-order valence-electron chi connectivity index (χ3n) is 0.660. The van der Waals surface area contributed by atoms with Gasteiger partial charge in [0.05, 0.1) is 0 Å². The molecule has 3 nitrogen and oxygen atoms in total. The number of hydrogen-bond donors (Lipinski definition) is 1. The number of hydrogen-bond acceptors (Lipinski definition) is 2. The van der Waals surface area contributed by atoms with E-state index in [4.69, 9.17) is 0 Å². The van der Waals surface area contributed by atoms with E-state index in [1.165, 1.54) is 0 Å². The van der Waals surface area contributed by atoms with Crippen LogP contribution >= 0.6 is 0 Å². The van der Waals surface area contributed by atoms with Crippen molar-refractivity contribution < 1.29 is 26.3 Å². The maximum atomic E-state index is 10.7. The first kappa shape index (κ1) is 9.16. The van der Waals surface area contributed by atoms with Crippen LogP contribution in [0.1, 0.15) is 0 Å². The molecule has 0 aliphatic carbocycles. The fourth-order valence-electron chi connectivity index (χ4n) is 0.422. The summed E-state index contributed by atoms with van der Waals surface area (Å²) in [6, 6.07) is 0. The summed E-state index contributed by atoms with van der Waals surface area (Å²) in [5.74, 6) is 0.135. The molecular weight excluding hydrogens is 231 g/mol. The molecule has 1 N–H and O–H groups in total. The average Bonchev–Trinajstić information content (AvgIpc) is 1.63. The van der Waals surface area contributed by atoms with Crippen LogP contribution in [0, 0.1) is 0 Å². The van der Waals surface area contributed by atoms with Crippen LogP contribution in [0.2, 0.25) is 0 Å². The Labute approximate surface area is 66.4 Å². The fraction of sp³-hybridized carbons (Fsp3) is 0.800. The van der Waals surface area contributed by atoms with Crippen molar-refractivity contribution in [3.8, 4) is 0 Å². The van der Waals surface area contributed by atoms with E-state index in [0.717, 1.165) is 0 Å². The third kappa shape index (κ3) is 6.04. The molecule has 1 amide bonds. The molecule has 0 fully saturated rings. The Morgan fingerprint density at radius 1 is 1.67 bits per heavy atom. The average molecular weight is 243 g/mol. The Balaban J connectivity index is 3.27. The van der Waals surface area contributed by atoms with Crippen LogP contribution < -0.4 is 25.0 Å². The molecular formula is C5H12IN2O-. The Morgan fingerprint density at radius 3 is 2.56 bits per heavy atom. The van der Waals surface area contributed by atoms with Gasteiger partial charge in [0.1, 0.15) is 0 Å². The van der Waals surface area contributed by atoms with E-state index in [1.807, 2.05) is 23.9 Å². The molecule has 0 rings (SSSR count). The Morgan fingerprint density at radius 2 is 2.22 bits per heavy atom. The first-order valence-corrected chi connectivity index (χ1v) is 5.82. The first-order chi connectivity index (χ1) is 4.16.